The van der Waals surface area contributed by atoms with Crippen LogP contribution in [0.1, 0.15) is 10.4 Å². The maximum Gasteiger partial charge on any atom is 0.258 e. The molecule has 0 atom stereocenters. The van der Waals surface area contributed by atoms with Crippen LogP contribution in [0.5, 0.6) is 0 Å². The zero-order valence-corrected chi connectivity index (χ0v) is 13.0. The first-order valence-corrected chi connectivity index (χ1v) is 7.00. The summed E-state index contributed by atoms with van der Waals surface area (Å²) in [6.07, 6.45) is 1.48. The average molecular weight is 342 g/mol. The van der Waals surface area contributed by atoms with Gasteiger partial charge in [0.15, 0.2) is 5.84 Å². The van der Waals surface area contributed by atoms with Gasteiger partial charge in [-0.2, -0.15) is 10.4 Å². The number of nitrogens with two attached hydrogens (primary N) is 1. The van der Waals surface area contributed by atoms with Crippen LogP contribution in [0.3, 0.4) is 0 Å². The smallest absolute Gasteiger partial charge is 0.258 e. The predicted molar refractivity (Wildman–Crippen MR) is 92.2 cm³/mol. The van der Waals surface area contributed by atoms with E-state index >= 15 is 0 Å². The third-order valence-electron chi connectivity index (χ3n) is 2.83. The van der Waals surface area contributed by atoms with Crippen molar-refractivity contribution in [1.82, 2.24) is 4.98 Å². The summed E-state index contributed by atoms with van der Waals surface area (Å²) in [6, 6.07) is 11.5. The summed E-state index contributed by atoms with van der Waals surface area (Å²) in [6.45, 7) is 0. The molecule has 2 aromatic rings. The second-order valence-electron chi connectivity index (χ2n) is 4.44. The molecule has 0 fully saturated rings. The molecule has 0 aliphatic rings. The second kappa shape index (κ2) is 7.71. The summed E-state index contributed by atoms with van der Waals surface area (Å²) in [5.41, 5.74) is 8.60. The molecule has 9 heteroatoms. The minimum atomic E-state index is -0.464. The Labute approximate surface area is 142 Å². The molecule has 0 unspecified atom stereocenters. The third-order valence-corrected chi connectivity index (χ3v) is 3.13. The topological polar surface area (TPSA) is 140 Å². The highest BCUT2D eigenvalue weighted by molar-refractivity contribution is 6.45. The van der Waals surface area contributed by atoms with Crippen molar-refractivity contribution in [3.63, 3.8) is 0 Å². The second-order valence-corrected chi connectivity index (χ2v) is 4.80. The van der Waals surface area contributed by atoms with Gasteiger partial charge < -0.3 is 11.1 Å². The lowest BCUT2D eigenvalue weighted by molar-refractivity contribution is 0.102. The number of carbonyl (C=O) groups is 1. The van der Waals surface area contributed by atoms with Gasteiger partial charge in [0.1, 0.15) is 11.2 Å². The number of halogens is 1. The normalized spacial score (nSPS) is 10.6. The highest BCUT2D eigenvalue weighted by Crippen LogP contribution is 2.22. The molecule has 5 N–H and O–H groups in total. The number of hydrogen-bond donors (Lipinski definition) is 4. The van der Waals surface area contributed by atoms with Crippen LogP contribution >= 0.6 is 11.6 Å². The van der Waals surface area contributed by atoms with Crippen LogP contribution in [-0.2, 0) is 0 Å². The van der Waals surface area contributed by atoms with Crippen molar-refractivity contribution in [2.75, 3.05) is 10.7 Å². The number of aromatic nitrogens is 1. The van der Waals surface area contributed by atoms with Crippen LogP contribution in [0.2, 0.25) is 5.15 Å². The van der Waals surface area contributed by atoms with Crippen LogP contribution < -0.4 is 16.5 Å². The van der Waals surface area contributed by atoms with Crippen molar-refractivity contribution in [3.8, 4) is 6.07 Å². The molecule has 8 nitrogen and oxygen atoms in total. The highest BCUT2D eigenvalue weighted by atomic mass is 35.5. The van der Waals surface area contributed by atoms with Gasteiger partial charge in [-0.25, -0.2) is 4.98 Å². The Morgan fingerprint density at radius 3 is 2.62 bits per heavy atom. The van der Waals surface area contributed by atoms with Gasteiger partial charge in [0.25, 0.3) is 5.91 Å². The van der Waals surface area contributed by atoms with Crippen molar-refractivity contribution in [2.45, 2.75) is 0 Å². The summed E-state index contributed by atoms with van der Waals surface area (Å²) in [4.78, 5) is 16.1. The largest absolute Gasteiger partial charge is 0.382 e. The Kier molecular flexibility index (Phi) is 5.44. The molecule has 0 spiro atoms. The maximum absolute atomic E-state index is 12.3. The molecule has 0 aliphatic carbocycles. The molecule has 2 rings (SSSR count). The first-order chi connectivity index (χ1) is 11.5. The first-order valence-electron chi connectivity index (χ1n) is 6.62. The molecule has 0 radical (unpaired) electrons. The molecule has 24 heavy (non-hydrogen) atoms. The quantitative estimate of drug-likeness (QED) is 0.285. The number of carbonyl (C=O) groups excluding carboxylic acids is 1. The number of pyridine rings is 1. The van der Waals surface area contributed by atoms with Crippen LogP contribution in [-0.4, -0.2) is 22.4 Å². The van der Waals surface area contributed by atoms with Crippen LogP contribution in [0.4, 0.5) is 11.4 Å². The zero-order valence-electron chi connectivity index (χ0n) is 12.2. The van der Waals surface area contributed by atoms with Crippen LogP contribution in [0, 0.1) is 16.7 Å². The van der Waals surface area contributed by atoms with Crippen LogP contribution in [0.15, 0.2) is 47.7 Å². The fourth-order valence-corrected chi connectivity index (χ4v) is 1.90. The molecule has 1 aromatic carbocycles. The molecular formula is C15H12ClN7O. The third kappa shape index (κ3) is 4.06. The number of rotatable bonds is 5. The molecule has 120 valence electrons. The van der Waals surface area contributed by atoms with Gasteiger partial charge in [-0.05, 0) is 24.3 Å². The fourth-order valence-electron chi connectivity index (χ4n) is 1.70. The highest BCUT2D eigenvalue weighted by Gasteiger charge is 2.12. The van der Waals surface area contributed by atoms with Crippen molar-refractivity contribution in [1.29, 1.82) is 10.7 Å². The summed E-state index contributed by atoms with van der Waals surface area (Å²) >= 11 is 5.90. The Bertz CT molecular complexity index is 857. The molecule has 0 saturated carbocycles. The van der Waals surface area contributed by atoms with Gasteiger partial charge in [-0.1, -0.05) is 23.7 Å². The number of amides is 1. The number of nitrogens with one attached hydrogen (secondary N) is 3. The van der Waals surface area contributed by atoms with Crippen molar-refractivity contribution < 1.29 is 4.79 Å². The van der Waals surface area contributed by atoms with E-state index in [9.17, 15) is 4.79 Å². The van der Waals surface area contributed by atoms with Gasteiger partial charge in [0.05, 0.1) is 16.9 Å². The number of nitrogens with zero attached hydrogens (tertiary/aromatic N) is 3. The summed E-state index contributed by atoms with van der Waals surface area (Å²) in [5.74, 6) is -0.910. The number of nitriles is 1. The van der Waals surface area contributed by atoms with E-state index < -0.39 is 11.7 Å². The van der Waals surface area contributed by atoms with Gasteiger partial charge >= 0.3 is 0 Å². The lowest BCUT2D eigenvalue weighted by atomic mass is 10.2. The van der Waals surface area contributed by atoms with Crippen LogP contribution in [0.25, 0.3) is 0 Å². The van der Waals surface area contributed by atoms with E-state index in [2.05, 4.69) is 20.8 Å². The SMILES string of the molecule is N#C/C(=N\Nc1ccccc1NC(=O)c1cccnc1Cl)C(=N)N. The fraction of sp³-hybridized carbons (Fsp3) is 0. The number of hydrazone groups is 1. The van der Waals surface area contributed by atoms with Gasteiger partial charge in [-0.15, -0.1) is 0 Å². The molecule has 0 bridgehead atoms. The average Bonchev–Trinajstić information content (AvgIpc) is 2.56. The molecule has 1 heterocycles. The first kappa shape index (κ1) is 16.9. The van der Waals surface area contributed by atoms with E-state index in [-0.39, 0.29) is 16.4 Å². The minimum Gasteiger partial charge on any atom is -0.382 e. The van der Waals surface area contributed by atoms with Crippen molar-refractivity contribution in [2.24, 2.45) is 10.8 Å². The van der Waals surface area contributed by atoms with E-state index in [0.717, 1.165) is 0 Å². The van der Waals surface area contributed by atoms with E-state index in [1.165, 1.54) is 6.20 Å². The van der Waals surface area contributed by atoms with E-state index in [1.54, 1.807) is 42.5 Å². The Hall–Kier alpha value is -3.44. The van der Waals surface area contributed by atoms with Gasteiger partial charge in [-0.3, -0.25) is 15.6 Å². The number of hydrogen-bond acceptors (Lipinski definition) is 6. The van der Waals surface area contributed by atoms with Crippen molar-refractivity contribution in [3.05, 3.63) is 53.3 Å². The summed E-state index contributed by atoms with van der Waals surface area (Å²) in [7, 11) is 0. The molecular weight excluding hydrogens is 330 g/mol. The monoisotopic (exact) mass is 341 g/mol. The van der Waals surface area contributed by atoms with Crippen molar-refractivity contribution >= 4 is 40.4 Å². The number of amidine groups is 1. The Balaban J connectivity index is 2.24. The molecule has 1 amide bonds. The zero-order chi connectivity index (χ0) is 17.5. The lowest BCUT2D eigenvalue weighted by Gasteiger charge is -2.11. The number of para-hydroxylation sites is 2. The lowest BCUT2D eigenvalue weighted by Crippen LogP contribution is -2.22. The Morgan fingerprint density at radius 1 is 1.29 bits per heavy atom. The van der Waals surface area contributed by atoms with Gasteiger partial charge in [0.2, 0.25) is 5.71 Å². The molecule has 0 saturated heterocycles. The Morgan fingerprint density at radius 2 is 2.00 bits per heavy atom. The van der Waals surface area contributed by atoms with E-state index in [1.807, 2.05) is 0 Å². The standard InChI is InChI=1S/C15H12ClN7O/c16-13-9(4-3-7-20-13)15(24)21-10-5-1-2-6-11(10)22-23-12(8-17)14(18)19/h1-7,22H,(H3,18,19)(H,21,24)/b23-12+. The molecule has 0 aliphatic heterocycles. The number of anilines is 2. The molecule has 1 aromatic heterocycles. The maximum atomic E-state index is 12.3. The van der Waals surface area contributed by atoms with E-state index in [0.29, 0.717) is 11.4 Å². The van der Waals surface area contributed by atoms with E-state index in [4.69, 9.17) is 28.0 Å². The predicted octanol–water partition coefficient (Wildman–Crippen LogP) is 2.21. The summed E-state index contributed by atoms with van der Waals surface area (Å²) in [5, 5.41) is 22.5. The van der Waals surface area contributed by atoms with Gasteiger partial charge in [0, 0.05) is 6.20 Å². The minimum absolute atomic E-state index is 0.0850. The number of benzene rings is 1. The summed E-state index contributed by atoms with van der Waals surface area (Å²) < 4.78 is 0.